The summed E-state index contributed by atoms with van der Waals surface area (Å²) in [6, 6.07) is 4.54. The summed E-state index contributed by atoms with van der Waals surface area (Å²) < 4.78 is 33.9. The Morgan fingerprint density at radius 3 is 2.55 bits per heavy atom. The first-order valence-electron chi connectivity index (χ1n) is 14.0. The van der Waals surface area contributed by atoms with Gasteiger partial charge in [0.05, 0.1) is 28.9 Å². The molecule has 2 aliphatic carbocycles. The van der Waals surface area contributed by atoms with E-state index in [0.29, 0.717) is 30.0 Å². The summed E-state index contributed by atoms with van der Waals surface area (Å²) in [5.41, 5.74) is 9.71. The number of sulfone groups is 1. The zero-order valence-corrected chi connectivity index (χ0v) is 25.0. The van der Waals surface area contributed by atoms with Gasteiger partial charge in [0, 0.05) is 19.3 Å². The second-order valence-corrected chi connectivity index (χ2v) is 13.7. The number of aryl methyl sites for hydroxylation is 2. The van der Waals surface area contributed by atoms with Crippen LogP contribution in [0.15, 0.2) is 29.6 Å². The number of nitrogens with one attached hydrogen (secondary N) is 2. The molecule has 216 valence electrons. The molecule has 2 fully saturated rings. The molecule has 1 aromatic carbocycles. The van der Waals surface area contributed by atoms with Crippen LogP contribution in [0.1, 0.15) is 75.8 Å². The summed E-state index contributed by atoms with van der Waals surface area (Å²) in [6.07, 6.45) is 10.1. The van der Waals surface area contributed by atoms with Gasteiger partial charge in [0.1, 0.15) is 10.8 Å². The van der Waals surface area contributed by atoms with E-state index in [-0.39, 0.29) is 22.0 Å². The smallest absolute Gasteiger partial charge is 0.229 e. The monoisotopic (exact) mass is 587 g/mol. The number of nitrogens with zero attached hydrogens (tertiary/aromatic N) is 4. The fourth-order valence-electron chi connectivity index (χ4n) is 5.07. The van der Waals surface area contributed by atoms with Crippen LogP contribution in [0, 0.1) is 6.92 Å². The first-order chi connectivity index (χ1) is 19.0. The fraction of sp³-hybridized carbons (Fsp3) is 0.536. The minimum atomic E-state index is -3.64. The van der Waals surface area contributed by atoms with Gasteiger partial charge in [-0.25, -0.2) is 13.4 Å². The number of anilines is 4. The number of aromatic nitrogens is 4. The lowest BCUT2D eigenvalue weighted by atomic mass is 9.80. The standard InChI is InChI=1S/C28H38ClN7O3S/c1-5-17(3)40(37,38)27-24(15-36(4)35-27)32-26-22(29)14-31-28(34-26)33-23-12-16(2)21(13-25(23)39-20-10-11-20)18-6-8-19(30)9-7-18/h12-15,17-20H,5-11,30H2,1-4H3,(H2,31,32,33,34). The maximum absolute atomic E-state index is 13.1. The summed E-state index contributed by atoms with van der Waals surface area (Å²) in [7, 11) is -1.97. The predicted octanol–water partition coefficient (Wildman–Crippen LogP) is 5.76. The molecular formula is C28H38ClN7O3S. The molecule has 2 aliphatic rings. The predicted molar refractivity (Wildman–Crippen MR) is 158 cm³/mol. The number of hydrogen-bond acceptors (Lipinski definition) is 9. The van der Waals surface area contributed by atoms with E-state index in [1.165, 1.54) is 22.0 Å². The largest absolute Gasteiger partial charge is 0.488 e. The molecule has 0 spiro atoms. The second-order valence-electron chi connectivity index (χ2n) is 11.1. The van der Waals surface area contributed by atoms with Crippen LogP contribution in [0.2, 0.25) is 5.02 Å². The summed E-state index contributed by atoms with van der Waals surface area (Å²) >= 11 is 6.44. The van der Waals surface area contributed by atoms with E-state index in [0.717, 1.165) is 50.0 Å². The molecule has 2 aromatic heterocycles. The van der Waals surface area contributed by atoms with Crippen molar-refractivity contribution in [1.82, 2.24) is 19.7 Å². The van der Waals surface area contributed by atoms with Crippen LogP contribution in [-0.2, 0) is 16.9 Å². The van der Waals surface area contributed by atoms with E-state index < -0.39 is 15.1 Å². The van der Waals surface area contributed by atoms with Gasteiger partial charge in [-0.3, -0.25) is 4.68 Å². The van der Waals surface area contributed by atoms with Crippen molar-refractivity contribution in [3.8, 4) is 5.75 Å². The van der Waals surface area contributed by atoms with Crippen molar-refractivity contribution in [1.29, 1.82) is 0 Å². The Labute approximate surface area is 241 Å². The first-order valence-corrected chi connectivity index (χ1v) is 15.9. The average Bonchev–Trinajstić information content (AvgIpc) is 3.66. The number of rotatable bonds is 10. The van der Waals surface area contributed by atoms with Gasteiger partial charge in [0.25, 0.3) is 0 Å². The lowest BCUT2D eigenvalue weighted by Gasteiger charge is -2.28. The van der Waals surface area contributed by atoms with E-state index in [9.17, 15) is 8.42 Å². The van der Waals surface area contributed by atoms with Crippen LogP contribution in [0.4, 0.5) is 23.1 Å². The number of hydrogen-bond donors (Lipinski definition) is 3. The first kappa shape index (κ1) is 28.6. The van der Waals surface area contributed by atoms with Crippen LogP contribution in [0.5, 0.6) is 5.75 Å². The molecule has 40 heavy (non-hydrogen) atoms. The third-order valence-electron chi connectivity index (χ3n) is 7.81. The normalized spacial score (nSPS) is 20.2. The molecular weight excluding hydrogens is 550 g/mol. The van der Waals surface area contributed by atoms with Gasteiger partial charge in [-0.15, -0.1) is 0 Å². The van der Waals surface area contributed by atoms with Crippen LogP contribution in [0.25, 0.3) is 0 Å². The third-order valence-corrected chi connectivity index (χ3v) is 10.3. The van der Waals surface area contributed by atoms with E-state index >= 15 is 0 Å². The SMILES string of the molecule is CCC(C)S(=O)(=O)c1nn(C)cc1Nc1nc(Nc2cc(C)c(C3CCC(N)CC3)cc2OC2CC2)ncc1Cl. The summed E-state index contributed by atoms with van der Waals surface area (Å²) in [6.45, 7) is 5.62. The van der Waals surface area contributed by atoms with Crippen LogP contribution >= 0.6 is 11.6 Å². The van der Waals surface area contributed by atoms with Gasteiger partial charge in [0.2, 0.25) is 20.8 Å². The van der Waals surface area contributed by atoms with Crippen LogP contribution in [-0.4, -0.2) is 45.6 Å². The Hall–Kier alpha value is -2.89. The van der Waals surface area contributed by atoms with Gasteiger partial charge in [-0.05, 0) is 88.0 Å². The molecule has 0 aliphatic heterocycles. The van der Waals surface area contributed by atoms with Crippen LogP contribution < -0.4 is 21.1 Å². The van der Waals surface area contributed by atoms with Gasteiger partial charge >= 0.3 is 0 Å². The van der Waals surface area contributed by atoms with Gasteiger partial charge in [-0.1, -0.05) is 18.5 Å². The van der Waals surface area contributed by atoms with Crippen molar-refractivity contribution in [2.75, 3.05) is 10.6 Å². The number of ether oxygens (including phenoxy) is 1. The van der Waals surface area contributed by atoms with Crippen molar-refractivity contribution in [2.45, 2.75) is 94.1 Å². The Kier molecular flexibility index (Phi) is 8.26. The maximum atomic E-state index is 13.1. The van der Waals surface area contributed by atoms with Crippen molar-refractivity contribution >= 4 is 44.6 Å². The lowest BCUT2D eigenvalue weighted by molar-refractivity contribution is 0.303. The Morgan fingerprint density at radius 2 is 1.88 bits per heavy atom. The van der Waals surface area contributed by atoms with E-state index in [1.54, 1.807) is 20.2 Å². The van der Waals surface area contributed by atoms with Crippen molar-refractivity contribution in [3.05, 3.63) is 40.7 Å². The lowest BCUT2D eigenvalue weighted by Crippen LogP contribution is -2.26. The Bertz CT molecular complexity index is 1480. The molecule has 2 saturated carbocycles. The zero-order valence-electron chi connectivity index (χ0n) is 23.4. The molecule has 0 saturated heterocycles. The highest BCUT2D eigenvalue weighted by atomic mass is 35.5. The number of nitrogens with two attached hydrogens (primary N) is 1. The highest BCUT2D eigenvalue weighted by Crippen LogP contribution is 2.41. The van der Waals surface area contributed by atoms with Gasteiger partial charge in [-0.2, -0.15) is 10.1 Å². The number of benzene rings is 1. The third kappa shape index (κ3) is 6.21. The molecule has 2 heterocycles. The Balaban J connectivity index is 1.43. The molecule has 5 rings (SSSR count). The maximum Gasteiger partial charge on any atom is 0.229 e. The molecule has 0 amide bonds. The van der Waals surface area contributed by atoms with Gasteiger partial charge < -0.3 is 21.1 Å². The van der Waals surface area contributed by atoms with Crippen molar-refractivity contribution in [3.63, 3.8) is 0 Å². The summed E-state index contributed by atoms with van der Waals surface area (Å²) in [4.78, 5) is 8.96. The fourth-order valence-corrected chi connectivity index (χ4v) is 6.68. The summed E-state index contributed by atoms with van der Waals surface area (Å²) in [5.74, 6) is 1.82. The highest BCUT2D eigenvalue weighted by Gasteiger charge is 2.30. The minimum absolute atomic E-state index is 0.0384. The second kappa shape index (κ2) is 11.5. The molecule has 1 unspecified atom stereocenters. The Morgan fingerprint density at radius 1 is 1.15 bits per heavy atom. The van der Waals surface area contributed by atoms with E-state index in [4.69, 9.17) is 22.1 Å². The molecule has 12 heteroatoms. The molecule has 4 N–H and O–H groups in total. The van der Waals surface area contributed by atoms with Gasteiger partial charge in [0.15, 0.2) is 5.82 Å². The molecule has 0 radical (unpaired) electrons. The highest BCUT2D eigenvalue weighted by molar-refractivity contribution is 7.92. The van der Waals surface area contributed by atoms with Crippen LogP contribution in [0.3, 0.4) is 0 Å². The quantitative estimate of drug-likeness (QED) is 0.270. The molecule has 0 bridgehead atoms. The molecule has 1 atom stereocenters. The molecule has 10 nitrogen and oxygen atoms in total. The zero-order chi connectivity index (χ0) is 28.6. The number of halogens is 1. The molecule has 3 aromatic rings. The average molecular weight is 588 g/mol. The topological polar surface area (TPSA) is 137 Å². The summed E-state index contributed by atoms with van der Waals surface area (Å²) in [5, 5.41) is 10.2. The van der Waals surface area contributed by atoms with E-state index in [1.807, 2.05) is 6.92 Å². The van der Waals surface area contributed by atoms with Crippen molar-refractivity contribution < 1.29 is 13.2 Å². The van der Waals surface area contributed by atoms with E-state index in [2.05, 4.69) is 44.8 Å². The van der Waals surface area contributed by atoms with Crippen molar-refractivity contribution in [2.24, 2.45) is 12.8 Å². The minimum Gasteiger partial charge on any atom is -0.488 e.